The third kappa shape index (κ3) is 3.45. The topological polar surface area (TPSA) is 83.5 Å². The number of ether oxygens (including phenoxy) is 1. The van der Waals surface area contributed by atoms with Crippen molar-refractivity contribution in [2.75, 3.05) is 5.32 Å². The Bertz CT molecular complexity index is 863. The van der Waals surface area contributed by atoms with Crippen LogP contribution < -0.4 is 15.4 Å². The fraction of sp³-hybridized carbons (Fsp3) is 0.368. The van der Waals surface area contributed by atoms with Gasteiger partial charge in [0, 0.05) is 6.20 Å². The number of rotatable bonds is 5. The van der Waals surface area contributed by atoms with Crippen molar-refractivity contribution < 1.29 is 14.6 Å². The number of carbonyl (C=O) groups is 1. The summed E-state index contributed by atoms with van der Waals surface area (Å²) < 4.78 is 6.84. The predicted molar refractivity (Wildman–Crippen MR) is 102 cm³/mol. The molecular weight excluding hydrogens is 350 g/mol. The number of carbonyl (C=O) groups excluding carboxylic acids is 1. The predicted octanol–water partition coefficient (Wildman–Crippen LogP) is 2.96. The Kier molecular flexibility index (Phi) is 4.65. The summed E-state index contributed by atoms with van der Waals surface area (Å²) in [5.74, 6) is 0.588. The van der Waals surface area contributed by atoms with E-state index in [2.05, 4.69) is 15.6 Å². The minimum Gasteiger partial charge on any atom is -0.457 e. The van der Waals surface area contributed by atoms with Crippen LogP contribution in [-0.2, 0) is 4.79 Å². The first kappa shape index (κ1) is 17.1. The zero-order valence-electron chi connectivity index (χ0n) is 14.2. The van der Waals surface area contributed by atoms with Gasteiger partial charge in [-0.3, -0.25) is 4.79 Å². The number of aliphatic hydroxyl groups excluding tert-OH is 1. The van der Waals surface area contributed by atoms with E-state index in [0.29, 0.717) is 5.75 Å². The fourth-order valence-corrected chi connectivity index (χ4v) is 4.26. The van der Waals surface area contributed by atoms with Gasteiger partial charge in [-0.15, -0.1) is 0 Å². The van der Waals surface area contributed by atoms with Gasteiger partial charge in [0.2, 0.25) is 0 Å². The van der Waals surface area contributed by atoms with Crippen LogP contribution in [0.5, 0.6) is 5.75 Å². The molecule has 136 valence electrons. The fourth-order valence-electron chi connectivity index (χ4n) is 3.30. The molecule has 0 radical (unpaired) electrons. The molecule has 0 spiro atoms. The number of benzene rings is 1. The van der Waals surface area contributed by atoms with E-state index in [4.69, 9.17) is 4.74 Å². The van der Waals surface area contributed by atoms with Gasteiger partial charge in [0.05, 0.1) is 22.4 Å². The smallest absolute Gasteiger partial charge is 0.256 e. The van der Waals surface area contributed by atoms with Crippen molar-refractivity contribution in [3.05, 3.63) is 42.6 Å². The van der Waals surface area contributed by atoms with Gasteiger partial charge in [0.15, 0.2) is 11.4 Å². The Balaban J connectivity index is 1.53. The molecule has 3 atom stereocenters. The molecule has 1 fully saturated rings. The molecule has 26 heavy (non-hydrogen) atoms. The maximum absolute atomic E-state index is 11.5. The standard InChI is InChI=1S/C19H21N3O3S/c23-12-19(9-3-4-10-20-19)25-13-7-8-15-17(11-13)26-18(22-15)21-14-5-1-2-6-16(14)24/h3-4,7-12,14,16,20,24H,1-2,5-6H2,(H,21,22)/t14-,16-,19?/m1/s1. The SMILES string of the molecule is O=CC1(Oc2ccc3nc(N[C@@H]4CCCC[C@H]4O)sc3c2)C=CC=CN1. The number of anilines is 1. The molecule has 4 rings (SSSR count). The molecule has 6 nitrogen and oxygen atoms in total. The summed E-state index contributed by atoms with van der Waals surface area (Å²) in [7, 11) is 0. The van der Waals surface area contributed by atoms with E-state index >= 15 is 0 Å². The van der Waals surface area contributed by atoms with Crippen LogP contribution in [0.4, 0.5) is 5.13 Å². The van der Waals surface area contributed by atoms with Gasteiger partial charge in [0.1, 0.15) is 5.75 Å². The summed E-state index contributed by atoms with van der Waals surface area (Å²) in [5, 5.41) is 17.2. The quantitative estimate of drug-likeness (QED) is 0.701. The second-order valence-electron chi connectivity index (χ2n) is 6.63. The lowest BCUT2D eigenvalue weighted by Crippen LogP contribution is -2.48. The van der Waals surface area contributed by atoms with Gasteiger partial charge in [0.25, 0.3) is 5.72 Å². The lowest BCUT2D eigenvalue weighted by atomic mass is 9.93. The minimum atomic E-state index is -1.18. The molecule has 7 heteroatoms. The van der Waals surface area contributed by atoms with Crippen molar-refractivity contribution in [3.63, 3.8) is 0 Å². The lowest BCUT2D eigenvalue weighted by Gasteiger charge is -2.28. The van der Waals surface area contributed by atoms with Gasteiger partial charge >= 0.3 is 0 Å². The summed E-state index contributed by atoms with van der Waals surface area (Å²) in [6.07, 6.45) is 11.3. The second kappa shape index (κ2) is 7.09. The normalized spacial score (nSPS) is 27.9. The summed E-state index contributed by atoms with van der Waals surface area (Å²) in [6, 6.07) is 5.63. The third-order valence-corrected chi connectivity index (χ3v) is 5.67. The first-order chi connectivity index (χ1) is 12.7. The van der Waals surface area contributed by atoms with Gasteiger partial charge < -0.3 is 20.5 Å². The van der Waals surface area contributed by atoms with Crippen molar-refractivity contribution in [2.45, 2.75) is 43.6 Å². The Labute approximate surface area is 155 Å². The lowest BCUT2D eigenvalue weighted by molar-refractivity contribution is -0.119. The van der Waals surface area contributed by atoms with Gasteiger partial charge in [-0.2, -0.15) is 0 Å². The molecule has 1 aromatic heterocycles. The zero-order chi connectivity index (χ0) is 18.0. The number of dihydropyridines is 1. The van der Waals surface area contributed by atoms with Crippen molar-refractivity contribution in [1.29, 1.82) is 0 Å². The van der Waals surface area contributed by atoms with E-state index in [1.54, 1.807) is 30.5 Å². The molecular formula is C19H21N3O3S. The number of aromatic nitrogens is 1. The zero-order valence-corrected chi connectivity index (χ0v) is 15.0. The molecule has 2 heterocycles. The number of nitrogens with one attached hydrogen (secondary N) is 2. The summed E-state index contributed by atoms with van der Waals surface area (Å²) >= 11 is 1.52. The number of nitrogens with zero attached hydrogens (tertiary/aromatic N) is 1. The first-order valence-electron chi connectivity index (χ1n) is 8.80. The molecule has 0 saturated heterocycles. The Morgan fingerprint density at radius 3 is 3.00 bits per heavy atom. The molecule has 3 N–H and O–H groups in total. The first-order valence-corrected chi connectivity index (χ1v) is 9.62. The molecule has 2 aliphatic rings. The molecule has 1 unspecified atom stereocenters. The van der Waals surface area contributed by atoms with Gasteiger partial charge in [-0.25, -0.2) is 4.98 Å². The van der Waals surface area contributed by atoms with Crippen molar-refractivity contribution in [2.24, 2.45) is 0 Å². The van der Waals surface area contributed by atoms with Crippen molar-refractivity contribution in [1.82, 2.24) is 10.3 Å². The Morgan fingerprint density at radius 2 is 2.23 bits per heavy atom. The average Bonchev–Trinajstić information content (AvgIpc) is 3.06. The summed E-state index contributed by atoms with van der Waals surface area (Å²) in [6.45, 7) is 0. The van der Waals surface area contributed by atoms with Crippen LogP contribution in [-0.4, -0.2) is 34.2 Å². The van der Waals surface area contributed by atoms with E-state index in [0.717, 1.165) is 47.3 Å². The molecule has 2 aromatic rings. The average molecular weight is 371 g/mol. The van der Waals surface area contributed by atoms with Crippen LogP contribution in [0.1, 0.15) is 25.7 Å². The van der Waals surface area contributed by atoms with Crippen molar-refractivity contribution >= 4 is 33.0 Å². The number of aldehydes is 1. The van der Waals surface area contributed by atoms with Crippen LogP contribution >= 0.6 is 11.3 Å². The molecule has 1 aliphatic carbocycles. The molecule has 1 saturated carbocycles. The largest absolute Gasteiger partial charge is 0.457 e. The van der Waals surface area contributed by atoms with E-state index in [9.17, 15) is 9.90 Å². The maximum atomic E-state index is 11.5. The Hall–Kier alpha value is -2.38. The van der Waals surface area contributed by atoms with E-state index < -0.39 is 5.72 Å². The highest BCUT2D eigenvalue weighted by atomic mass is 32.1. The number of allylic oxidation sites excluding steroid dienone is 2. The molecule has 0 amide bonds. The van der Waals surface area contributed by atoms with Crippen LogP contribution in [0.15, 0.2) is 42.6 Å². The molecule has 0 bridgehead atoms. The monoisotopic (exact) mass is 371 g/mol. The van der Waals surface area contributed by atoms with Crippen LogP contribution in [0.25, 0.3) is 10.2 Å². The van der Waals surface area contributed by atoms with Gasteiger partial charge in [-0.1, -0.05) is 30.3 Å². The number of hydrogen-bond donors (Lipinski definition) is 3. The second-order valence-corrected chi connectivity index (χ2v) is 7.66. The van der Waals surface area contributed by atoms with Gasteiger partial charge in [-0.05, 0) is 43.2 Å². The van der Waals surface area contributed by atoms with E-state index in [1.807, 2.05) is 12.1 Å². The highest BCUT2D eigenvalue weighted by molar-refractivity contribution is 7.22. The Morgan fingerprint density at radius 1 is 1.35 bits per heavy atom. The van der Waals surface area contributed by atoms with Crippen LogP contribution in [0.3, 0.4) is 0 Å². The maximum Gasteiger partial charge on any atom is 0.256 e. The number of hydrogen-bond acceptors (Lipinski definition) is 7. The molecule has 1 aliphatic heterocycles. The summed E-state index contributed by atoms with van der Waals surface area (Å²) in [4.78, 5) is 16.1. The van der Waals surface area contributed by atoms with E-state index in [-0.39, 0.29) is 12.1 Å². The number of aliphatic hydroxyl groups is 1. The minimum absolute atomic E-state index is 0.0572. The summed E-state index contributed by atoms with van der Waals surface area (Å²) in [5.41, 5.74) is -0.317. The van der Waals surface area contributed by atoms with Crippen molar-refractivity contribution in [3.8, 4) is 5.75 Å². The number of fused-ring (bicyclic) bond motifs is 1. The van der Waals surface area contributed by atoms with Crippen LogP contribution in [0.2, 0.25) is 0 Å². The number of thiazole rings is 1. The molecule has 1 aromatic carbocycles. The third-order valence-electron chi connectivity index (χ3n) is 4.72. The van der Waals surface area contributed by atoms with Crippen LogP contribution in [0, 0.1) is 0 Å². The highest BCUT2D eigenvalue weighted by Gasteiger charge is 2.29. The van der Waals surface area contributed by atoms with E-state index in [1.165, 1.54) is 11.3 Å². The highest BCUT2D eigenvalue weighted by Crippen LogP contribution is 2.32.